The van der Waals surface area contributed by atoms with Gasteiger partial charge in [0.25, 0.3) is 0 Å². The molecule has 0 aliphatic carbocycles. The Morgan fingerprint density at radius 1 is 0.660 bits per heavy atom. The van der Waals surface area contributed by atoms with Gasteiger partial charge in [-0.3, -0.25) is 0 Å². The van der Waals surface area contributed by atoms with Gasteiger partial charge in [0.1, 0.15) is 11.5 Å². The number of ether oxygens (including phenoxy) is 3. The molecule has 0 saturated heterocycles. The first-order valence-corrected chi connectivity index (χ1v) is 17.2. The standard InChI is InChI=1S/C41H56O6/c1-30(22-26-46-38(43)32-18-10-8-11-19-32)16-14-24-40(3,4)34-29-37(45-7)35(28-36(34)42)41(5,6)25-15-17-31(2)23-27-47-39(44)33-20-12-9-13-21-33/h8-13,18-21,28-31,42H,14-17,22-27H2,1-7H3. The average Bonchev–Trinajstić information content (AvgIpc) is 3.05. The minimum absolute atomic E-state index is 0.190. The third-order valence-corrected chi connectivity index (χ3v) is 9.48. The summed E-state index contributed by atoms with van der Waals surface area (Å²) in [6.45, 7) is 14.0. The van der Waals surface area contributed by atoms with E-state index in [9.17, 15) is 14.7 Å². The Hall–Kier alpha value is -3.80. The van der Waals surface area contributed by atoms with Crippen LogP contribution in [0.4, 0.5) is 0 Å². The lowest BCUT2D eigenvalue weighted by molar-refractivity contribution is 0.0474. The van der Waals surface area contributed by atoms with Gasteiger partial charge in [-0.1, -0.05) is 104 Å². The van der Waals surface area contributed by atoms with Crippen LogP contribution < -0.4 is 4.74 Å². The van der Waals surface area contributed by atoms with Crippen LogP contribution in [0.25, 0.3) is 0 Å². The van der Waals surface area contributed by atoms with Crippen molar-refractivity contribution in [3.8, 4) is 11.5 Å². The van der Waals surface area contributed by atoms with Gasteiger partial charge in [0.2, 0.25) is 0 Å². The van der Waals surface area contributed by atoms with Crippen molar-refractivity contribution in [3.05, 3.63) is 95.1 Å². The molecule has 2 atom stereocenters. The second-order valence-corrected chi connectivity index (χ2v) is 14.4. The maximum absolute atomic E-state index is 12.2. The second kappa shape index (κ2) is 17.9. The predicted molar refractivity (Wildman–Crippen MR) is 189 cm³/mol. The van der Waals surface area contributed by atoms with Crippen LogP contribution in [0.2, 0.25) is 0 Å². The number of carbonyl (C=O) groups excluding carboxylic acids is 2. The van der Waals surface area contributed by atoms with Crippen LogP contribution in [-0.2, 0) is 20.3 Å². The minimum Gasteiger partial charge on any atom is -0.508 e. The first-order valence-electron chi connectivity index (χ1n) is 17.2. The number of phenols is 1. The Bertz CT molecular complexity index is 1400. The van der Waals surface area contributed by atoms with Crippen molar-refractivity contribution < 1.29 is 28.9 Å². The van der Waals surface area contributed by atoms with Crippen LogP contribution in [0.5, 0.6) is 11.5 Å². The Balaban J connectivity index is 1.47. The van der Waals surface area contributed by atoms with E-state index in [4.69, 9.17) is 14.2 Å². The lowest BCUT2D eigenvalue weighted by Gasteiger charge is -2.32. The fourth-order valence-corrected chi connectivity index (χ4v) is 6.17. The number of benzene rings is 3. The largest absolute Gasteiger partial charge is 0.508 e. The molecule has 3 aromatic carbocycles. The zero-order valence-electron chi connectivity index (χ0n) is 29.6. The molecule has 256 valence electrons. The number of aromatic hydroxyl groups is 1. The van der Waals surface area contributed by atoms with E-state index in [0.717, 1.165) is 68.2 Å². The number of rotatable bonds is 19. The molecule has 0 amide bonds. The van der Waals surface area contributed by atoms with Crippen molar-refractivity contribution in [2.45, 2.75) is 104 Å². The van der Waals surface area contributed by atoms with Gasteiger partial charge in [0.05, 0.1) is 31.5 Å². The first kappa shape index (κ1) is 37.7. The summed E-state index contributed by atoms with van der Waals surface area (Å²) in [4.78, 5) is 24.4. The molecule has 0 bridgehead atoms. The predicted octanol–water partition coefficient (Wildman–Crippen LogP) is 10.1. The number of hydrogen-bond acceptors (Lipinski definition) is 6. The van der Waals surface area contributed by atoms with E-state index in [0.29, 0.717) is 41.9 Å². The van der Waals surface area contributed by atoms with Gasteiger partial charge in [-0.15, -0.1) is 0 Å². The number of hydrogen-bond donors (Lipinski definition) is 1. The number of esters is 2. The molecule has 0 saturated carbocycles. The summed E-state index contributed by atoms with van der Waals surface area (Å²) in [7, 11) is 1.70. The first-order chi connectivity index (χ1) is 22.3. The third-order valence-electron chi connectivity index (χ3n) is 9.48. The fraction of sp³-hybridized carbons (Fsp3) is 0.512. The Morgan fingerprint density at radius 2 is 1.09 bits per heavy atom. The van der Waals surface area contributed by atoms with E-state index in [-0.39, 0.29) is 22.8 Å². The summed E-state index contributed by atoms with van der Waals surface area (Å²) in [6.07, 6.45) is 7.57. The highest BCUT2D eigenvalue weighted by Gasteiger charge is 2.30. The Labute approximate surface area is 282 Å². The average molecular weight is 645 g/mol. The van der Waals surface area contributed by atoms with Gasteiger partial charge in [-0.2, -0.15) is 0 Å². The molecule has 0 fully saturated rings. The summed E-state index contributed by atoms with van der Waals surface area (Å²) in [5.74, 6) is 1.43. The molecule has 3 rings (SSSR count). The maximum Gasteiger partial charge on any atom is 0.338 e. The second-order valence-electron chi connectivity index (χ2n) is 14.4. The van der Waals surface area contributed by atoms with Crippen molar-refractivity contribution in [2.75, 3.05) is 20.3 Å². The molecule has 0 spiro atoms. The van der Waals surface area contributed by atoms with E-state index < -0.39 is 0 Å². The van der Waals surface area contributed by atoms with Gasteiger partial charge in [0.15, 0.2) is 0 Å². The van der Waals surface area contributed by atoms with E-state index in [1.165, 1.54) is 0 Å². The molecule has 3 aromatic rings. The van der Waals surface area contributed by atoms with Gasteiger partial charge < -0.3 is 19.3 Å². The molecule has 0 radical (unpaired) electrons. The van der Waals surface area contributed by atoms with Gasteiger partial charge in [-0.25, -0.2) is 9.59 Å². The van der Waals surface area contributed by atoms with Gasteiger partial charge >= 0.3 is 11.9 Å². The maximum atomic E-state index is 12.2. The molecule has 6 nitrogen and oxygen atoms in total. The zero-order valence-corrected chi connectivity index (χ0v) is 29.6. The normalized spacial score (nSPS) is 13.1. The van der Waals surface area contributed by atoms with Crippen LogP contribution in [0.1, 0.15) is 125 Å². The fourth-order valence-electron chi connectivity index (χ4n) is 6.17. The van der Waals surface area contributed by atoms with Crippen LogP contribution in [0.15, 0.2) is 72.8 Å². The molecule has 0 aliphatic heterocycles. The quantitative estimate of drug-likeness (QED) is 0.131. The third kappa shape index (κ3) is 11.7. The topological polar surface area (TPSA) is 82.1 Å². The molecule has 0 aliphatic rings. The summed E-state index contributed by atoms with van der Waals surface area (Å²) in [6, 6.07) is 22.1. The van der Waals surface area contributed by atoms with Crippen LogP contribution in [0, 0.1) is 11.8 Å². The van der Waals surface area contributed by atoms with Crippen molar-refractivity contribution in [1.29, 1.82) is 0 Å². The van der Waals surface area contributed by atoms with E-state index in [1.54, 1.807) is 31.4 Å². The molecule has 1 N–H and O–H groups in total. The highest BCUT2D eigenvalue weighted by atomic mass is 16.5. The smallest absolute Gasteiger partial charge is 0.338 e. The van der Waals surface area contributed by atoms with Crippen LogP contribution in [0.3, 0.4) is 0 Å². The van der Waals surface area contributed by atoms with Crippen molar-refractivity contribution in [3.63, 3.8) is 0 Å². The molecular weight excluding hydrogens is 588 g/mol. The number of methoxy groups -OCH3 is 1. The Kier molecular flexibility index (Phi) is 14.4. The van der Waals surface area contributed by atoms with Crippen molar-refractivity contribution in [2.24, 2.45) is 11.8 Å². The van der Waals surface area contributed by atoms with Crippen LogP contribution >= 0.6 is 0 Å². The van der Waals surface area contributed by atoms with Gasteiger partial charge in [0, 0.05) is 11.1 Å². The van der Waals surface area contributed by atoms with Gasteiger partial charge in [-0.05, 0) is 84.7 Å². The molecular formula is C41H56O6. The van der Waals surface area contributed by atoms with Crippen molar-refractivity contribution >= 4 is 11.9 Å². The van der Waals surface area contributed by atoms with E-state index >= 15 is 0 Å². The monoisotopic (exact) mass is 644 g/mol. The summed E-state index contributed by atoms with van der Waals surface area (Å²) < 4.78 is 16.8. The summed E-state index contributed by atoms with van der Waals surface area (Å²) in [5.41, 5.74) is 2.65. The van der Waals surface area contributed by atoms with Crippen molar-refractivity contribution in [1.82, 2.24) is 0 Å². The Morgan fingerprint density at radius 3 is 1.51 bits per heavy atom. The lowest BCUT2D eigenvalue weighted by Crippen LogP contribution is -2.22. The SMILES string of the molecule is COc1cc(C(C)(C)CCCC(C)CCOC(=O)c2ccccc2)c(O)cc1C(C)(C)CCCC(C)CCOC(=O)c1ccccc1. The number of phenolic OH excluding ortho intramolecular Hbond substituents is 1. The lowest BCUT2D eigenvalue weighted by atomic mass is 9.75. The molecule has 0 heterocycles. The molecule has 6 heteroatoms. The molecule has 47 heavy (non-hydrogen) atoms. The zero-order chi connectivity index (χ0) is 34.5. The highest BCUT2D eigenvalue weighted by molar-refractivity contribution is 5.89. The summed E-state index contributed by atoms with van der Waals surface area (Å²) in [5, 5.41) is 11.3. The number of carbonyl (C=O) groups is 2. The molecule has 2 unspecified atom stereocenters. The van der Waals surface area contributed by atoms with Crippen LogP contribution in [-0.4, -0.2) is 37.4 Å². The summed E-state index contributed by atoms with van der Waals surface area (Å²) >= 11 is 0. The minimum atomic E-state index is -0.275. The van der Waals surface area contributed by atoms with E-state index in [1.807, 2.05) is 48.5 Å². The molecule has 0 aromatic heterocycles. The van der Waals surface area contributed by atoms with E-state index in [2.05, 4.69) is 41.5 Å². The highest BCUT2D eigenvalue weighted by Crippen LogP contribution is 2.44.